The molecule has 1 unspecified atom stereocenters. The Balaban J connectivity index is -0.0000000287. The predicted octanol–water partition coefficient (Wildman–Crippen LogP) is 6.06. The van der Waals surface area contributed by atoms with Crippen LogP contribution in [-0.2, 0) is 0 Å². The van der Waals surface area contributed by atoms with Gasteiger partial charge in [-0.1, -0.05) is 74.1 Å². The minimum absolute atomic E-state index is 1.03. The number of hydrogen-bond acceptors (Lipinski definition) is 0. The highest BCUT2D eigenvalue weighted by Crippen LogP contribution is 2.00. The standard InChI is InChI=1S/C5H9P.4C2H6/c1-3-4-5(2)6;4*1-2/h3-4H,2,6H2,1H3;4*1-2H3/b4-3-;;;;. The molecule has 90 valence electrons. The summed E-state index contributed by atoms with van der Waals surface area (Å²) in [4.78, 5) is 0. The minimum atomic E-state index is 1.03. The smallest absolute Gasteiger partial charge is 0.0377 e. The zero-order chi connectivity index (χ0) is 13.0. The molecule has 0 heterocycles. The second kappa shape index (κ2) is 76.0. The number of rotatable bonds is 1. The van der Waals surface area contributed by atoms with Crippen molar-refractivity contribution in [3.8, 4) is 0 Å². The summed E-state index contributed by atoms with van der Waals surface area (Å²) >= 11 is 0. The van der Waals surface area contributed by atoms with E-state index in [1.54, 1.807) is 0 Å². The van der Waals surface area contributed by atoms with Crippen molar-refractivity contribution in [2.75, 3.05) is 0 Å². The minimum Gasteiger partial charge on any atom is -0.106 e. The Kier molecular flexibility index (Phi) is 158. The molecule has 0 bridgehead atoms. The maximum atomic E-state index is 3.62. The van der Waals surface area contributed by atoms with Gasteiger partial charge in [-0.3, -0.25) is 0 Å². The molecule has 0 rings (SSSR count). The average Bonchev–Trinajstić information content (AvgIpc) is 2.29. The van der Waals surface area contributed by atoms with Gasteiger partial charge in [0.2, 0.25) is 0 Å². The molecular formula is C13H33P. The lowest BCUT2D eigenvalue weighted by Crippen LogP contribution is -1.47. The molecule has 0 nitrogen and oxygen atoms in total. The van der Waals surface area contributed by atoms with E-state index in [9.17, 15) is 0 Å². The first-order valence-electron chi connectivity index (χ1n) is 5.84. The molecule has 0 N–H and O–H groups in total. The van der Waals surface area contributed by atoms with Crippen LogP contribution in [-0.4, -0.2) is 0 Å². The normalized spacial score (nSPS) is 5.86. The third-order valence-electron chi connectivity index (χ3n) is 0.381. The van der Waals surface area contributed by atoms with Gasteiger partial charge in [0.05, 0.1) is 0 Å². The van der Waals surface area contributed by atoms with E-state index in [0.29, 0.717) is 0 Å². The third-order valence-corrected chi connectivity index (χ3v) is 0.573. The van der Waals surface area contributed by atoms with E-state index in [1.165, 1.54) is 0 Å². The molecule has 0 aromatic heterocycles. The van der Waals surface area contributed by atoms with Gasteiger partial charge in [0.15, 0.2) is 0 Å². The van der Waals surface area contributed by atoms with Crippen LogP contribution in [0.5, 0.6) is 0 Å². The lowest BCUT2D eigenvalue weighted by atomic mass is 10.5. The van der Waals surface area contributed by atoms with Gasteiger partial charge in [0.1, 0.15) is 0 Å². The Morgan fingerprint density at radius 2 is 1.07 bits per heavy atom. The second-order valence-electron chi connectivity index (χ2n) is 1.07. The van der Waals surface area contributed by atoms with Crippen LogP contribution in [0.3, 0.4) is 0 Å². The lowest BCUT2D eigenvalue weighted by molar-refractivity contribution is 1.50. The molecule has 0 amide bonds. The van der Waals surface area contributed by atoms with Gasteiger partial charge in [-0.15, -0.1) is 9.24 Å². The van der Waals surface area contributed by atoms with E-state index in [4.69, 9.17) is 0 Å². The van der Waals surface area contributed by atoms with Crippen molar-refractivity contribution in [1.82, 2.24) is 0 Å². The van der Waals surface area contributed by atoms with Gasteiger partial charge >= 0.3 is 0 Å². The third kappa shape index (κ3) is 167. The summed E-state index contributed by atoms with van der Waals surface area (Å²) in [6.07, 6.45) is 3.89. The maximum Gasteiger partial charge on any atom is -0.0377 e. The van der Waals surface area contributed by atoms with Crippen LogP contribution >= 0.6 is 9.24 Å². The van der Waals surface area contributed by atoms with E-state index < -0.39 is 0 Å². The predicted molar refractivity (Wildman–Crippen MR) is 79.1 cm³/mol. The Morgan fingerprint density at radius 1 is 0.857 bits per heavy atom. The molecule has 0 saturated carbocycles. The Labute approximate surface area is 96.1 Å². The molecule has 0 aliphatic heterocycles. The molecule has 0 fully saturated rings. The quantitative estimate of drug-likeness (QED) is 0.372. The zero-order valence-corrected chi connectivity index (χ0v) is 13.1. The van der Waals surface area contributed by atoms with E-state index in [0.717, 1.165) is 5.31 Å². The molecule has 14 heavy (non-hydrogen) atoms. The van der Waals surface area contributed by atoms with Crippen LogP contribution in [0, 0.1) is 0 Å². The maximum absolute atomic E-state index is 3.62. The van der Waals surface area contributed by atoms with E-state index in [2.05, 4.69) is 15.8 Å². The average molecular weight is 220 g/mol. The van der Waals surface area contributed by atoms with Crippen molar-refractivity contribution >= 4 is 9.24 Å². The fourth-order valence-corrected chi connectivity index (χ4v) is 0.407. The van der Waals surface area contributed by atoms with Gasteiger partial charge in [-0.2, -0.15) is 0 Å². The van der Waals surface area contributed by atoms with Crippen molar-refractivity contribution in [2.24, 2.45) is 0 Å². The molecule has 0 spiro atoms. The molecule has 0 saturated heterocycles. The van der Waals surface area contributed by atoms with Crippen molar-refractivity contribution in [1.29, 1.82) is 0 Å². The van der Waals surface area contributed by atoms with E-state index >= 15 is 0 Å². The second-order valence-corrected chi connectivity index (χ2v) is 1.82. The summed E-state index contributed by atoms with van der Waals surface area (Å²) in [6.45, 7) is 21.6. The molecule has 1 atom stereocenters. The van der Waals surface area contributed by atoms with Crippen LogP contribution in [0.1, 0.15) is 62.3 Å². The van der Waals surface area contributed by atoms with Gasteiger partial charge < -0.3 is 0 Å². The summed E-state index contributed by atoms with van der Waals surface area (Å²) in [5.74, 6) is 0. The monoisotopic (exact) mass is 220 g/mol. The Hall–Kier alpha value is -0.0900. The van der Waals surface area contributed by atoms with Crippen molar-refractivity contribution in [3.05, 3.63) is 24.0 Å². The first-order chi connectivity index (χ1) is 6.77. The number of hydrogen-bond donors (Lipinski definition) is 0. The first kappa shape index (κ1) is 29.2. The summed E-state index contributed by atoms with van der Waals surface area (Å²) in [7, 11) is 2.50. The van der Waals surface area contributed by atoms with Crippen LogP contribution in [0.25, 0.3) is 0 Å². The SMILES string of the molecule is C=C(P)/C=C\C.CC.CC.CC.CC. The molecule has 0 aromatic rings. The summed E-state index contributed by atoms with van der Waals surface area (Å²) in [6, 6.07) is 0. The van der Waals surface area contributed by atoms with Crippen LogP contribution in [0.15, 0.2) is 24.0 Å². The van der Waals surface area contributed by atoms with Crippen LogP contribution < -0.4 is 0 Å². The first-order valence-corrected chi connectivity index (χ1v) is 6.42. The highest BCUT2D eigenvalue weighted by molar-refractivity contribution is 7.22. The highest BCUT2D eigenvalue weighted by atomic mass is 31.0. The fourth-order valence-electron chi connectivity index (χ4n) is 0.214. The summed E-state index contributed by atoms with van der Waals surface area (Å²) in [5, 5.41) is 1.03. The van der Waals surface area contributed by atoms with Gasteiger partial charge in [0, 0.05) is 0 Å². The van der Waals surface area contributed by atoms with Crippen molar-refractivity contribution in [3.63, 3.8) is 0 Å². The summed E-state index contributed by atoms with van der Waals surface area (Å²) < 4.78 is 0. The van der Waals surface area contributed by atoms with Crippen molar-refractivity contribution in [2.45, 2.75) is 62.3 Å². The Morgan fingerprint density at radius 3 is 1.07 bits per heavy atom. The zero-order valence-electron chi connectivity index (χ0n) is 11.9. The van der Waals surface area contributed by atoms with Crippen LogP contribution in [0.2, 0.25) is 0 Å². The van der Waals surface area contributed by atoms with Crippen molar-refractivity contribution < 1.29 is 0 Å². The molecule has 0 radical (unpaired) electrons. The molecular weight excluding hydrogens is 187 g/mol. The van der Waals surface area contributed by atoms with Gasteiger partial charge in [0.25, 0.3) is 0 Å². The molecule has 0 aliphatic carbocycles. The van der Waals surface area contributed by atoms with Gasteiger partial charge in [-0.05, 0) is 12.2 Å². The highest BCUT2D eigenvalue weighted by Gasteiger charge is 1.63. The number of allylic oxidation sites excluding steroid dienone is 3. The van der Waals surface area contributed by atoms with E-state index in [1.807, 2.05) is 74.5 Å². The van der Waals surface area contributed by atoms with E-state index in [-0.39, 0.29) is 0 Å². The Bertz CT molecular complexity index is 73.3. The summed E-state index contributed by atoms with van der Waals surface area (Å²) in [5.41, 5.74) is 0. The lowest BCUT2D eigenvalue weighted by Gasteiger charge is -1.75. The molecule has 0 aliphatic rings. The van der Waals surface area contributed by atoms with Gasteiger partial charge in [-0.25, -0.2) is 0 Å². The fraction of sp³-hybridized carbons (Fsp3) is 0.692. The molecule has 0 aromatic carbocycles. The molecule has 1 heteroatoms. The van der Waals surface area contributed by atoms with Crippen LogP contribution in [0.4, 0.5) is 0 Å². The largest absolute Gasteiger partial charge is 0.106 e. The topological polar surface area (TPSA) is 0 Å².